The molecule has 2 aromatic heterocycles. The molecule has 0 aliphatic carbocycles. The third kappa shape index (κ3) is 10.4. The summed E-state index contributed by atoms with van der Waals surface area (Å²) in [6, 6.07) is 14.7. The number of nitrogens with zero attached hydrogens (tertiary/aromatic N) is 3. The molecule has 1 fully saturated rings. The van der Waals surface area contributed by atoms with Crippen LogP contribution in [0.15, 0.2) is 60.8 Å². The molecule has 1 aliphatic heterocycles. The number of carbonyl (C=O) groups is 4. The Morgan fingerprint density at radius 2 is 1.70 bits per heavy atom. The summed E-state index contributed by atoms with van der Waals surface area (Å²) in [5, 5.41) is 0.562. The summed E-state index contributed by atoms with van der Waals surface area (Å²) in [5.41, 5.74) is 6.43. The smallest absolute Gasteiger partial charge is 0.426 e. The molecule has 0 atom stereocenters. The Bertz CT molecular complexity index is 2240. The van der Waals surface area contributed by atoms with Crippen LogP contribution in [-0.2, 0) is 29.0 Å². The van der Waals surface area contributed by atoms with Crippen molar-refractivity contribution in [2.24, 2.45) is 0 Å². The van der Waals surface area contributed by atoms with Gasteiger partial charge in [-0.3, -0.25) is 24.5 Å². The van der Waals surface area contributed by atoms with E-state index in [9.17, 15) is 27.6 Å². The SMILES string of the molecule is COC(=O)CS(=O)(=O)Nc1cc2nc(-c3ccc(C#Cc4ccc(C(=O)N5CCOCC5)cc4Cl)cc3)cc(C(=O)NNC(=O)OC(C)(C)C)c2cn1. The molecular formula is C36H35ClN6O9S. The molecular weight excluding hydrogens is 728 g/mol. The van der Waals surface area contributed by atoms with Crippen LogP contribution in [0.3, 0.4) is 0 Å². The van der Waals surface area contributed by atoms with Crippen molar-refractivity contribution >= 4 is 62.2 Å². The summed E-state index contributed by atoms with van der Waals surface area (Å²) in [6.45, 7) is 7.01. The Morgan fingerprint density at radius 3 is 2.36 bits per heavy atom. The molecule has 276 valence electrons. The number of anilines is 1. The number of nitrogens with one attached hydrogen (secondary N) is 3. The average molecular weight is 763 g/mol. The van der Waals surface area contributed by atoms with E-state index >= 15 is 0 Å². The minimum Gasteiger partial charge on any atom is -0.468 e. The monoisotopic (exact) mass is 762 g/mol. The van der Waals surface area contributed by atoms with Gasteiger partial charge in [-0.15, -0.1) is 0 Å². The highest BCUT2D eigenvalue weighted by molar-refractivity contribution is 7.93. The van der Waals surface area contributed by atoms with Gasteiger partial charge >= 0.3 is 12.1 Å². The molecule has 1 saturated heterocycles. The Balaban J connectivity index is 1.42. The second-order valence-corrected chi connectivity index (χ2v) is 14.7. The van der Waals surface area contributed by atoms with Crippen molar-refractivity contribution in [3.63, 3.8) is 0 Å². The molecule has 3 heterocycles. The molecule has 3 N–H and O–H groups in total. The number of amides is 3. The highest BCUT2D eigenvalue weighted by Gasteiger charge is 2.22. The Labute approximate surface area is 310 Å². The first-order chi connectivity index (χ1) is 25.1. The van der Waals surface area contributed by atoms with Crippen LogP contribution in [-0.4, -0.2) is 91.9 Å². The van der Waals surface area contributed by atoms with E-state index in [-0.39, 0.29) is 28.2 Å². The highest BCUT2D eigenvalue weighted by atomic mass is 35.5. The molecule has 1 aliphatic rings. The van der Waals surface area contributed by atoms with Gasteiger partial charge in [-0.05, 0) is 57.2 Å². The van der Waals surface area contributed by atoms with Crippen molar-refractivity contribution in [3.05, 3.63) is 88.1 Å². The predicted octanol–water partition coefficient (Wildman–Crippen LogP) is 3.91. The average Bonchev–Trinajstić information content (AvgIpc) is 3.11. The quantitative estimate of drug-likeness (QED) is 0.140. The fraction of sp³-hybridized carbons (Fsp3) is 0.278. The highest BCUT2D eigenvalue weighted by Crippen LogP contribution is 2.27. The Morgan fingerprint density at radius 1 is 0.981 bits per heavy atom. The number of hydrogen-bond acceptors (Lipinski definition) is 11. The fourth-order valence-corrected chi connectivity index (χ4v) is 6.12. The lowest BCUT2D eigenvalue weighted by molar-refractivity contribution is -0.137. The van der Waals surface area contributed by atoms with Gasteiger partial charge in [0, 0.05) is 53.0 Å². The number of fused-ring (bicyclic) bond motifs is 1. The normalized spacial score (nSPS) is 13.0. The van der Waals surface area contributed by atoms with Crippen LogP contribution in [0.5, 0.6) is 0 Å². The van der Waals surface area contributed by atoms with Crippen LogP contribution < -0.4 is 15.6 Å². The zero-order valence-corrected chi connectivity index (χ0v) is 30.7. The maximum absolute atomic E-state index is 13.4. The van der Waals surface area contributed by atoms with Crippen molar-refractivity contribution in [1.82, 2.24) is 25.7 Å². The van der Waals surface area contributed by atoms with Crippen molar-refractivity contribution in [2.45, 2.75) is 26.4 Å². The molecule has 5 rings (SSSR count). The fourth-order valence-electron chi connectivity index (χ4n) is 4.96. The van der Waals surface area contributed by atoms with Gasteiger partial charge in [-0.2, -0.15) is 0 Å². The number of hydrogen-bond donors (Lipinski definition) is 3. The molecule has 0 unspecified atom stereocenters. The van der Waals surface area contributed by atoms with Crippen LogP contribution >= 0.6 is 11.6 Å². The number of esters is 1. The van der Waals surface area contributed by atoms with Gasteiger partial charge < -0.3 is 19.1 Å². The summed E-state index contributed by atoms with van der Waals surface area (Å²) in [6.07, 6.45) is 0.347. The lowest BCUT2D eigenvalue weighted by Gasteiger charge is -2.26. The lowest BCUT2D eigenvalue weighted by atomic mass is 10.0. The minimum absolute atomic E-state index is 0.0478. The first-order valence-electron chi connectivity index (χ1n) is 16.1. The third-order valence-electron chi connectivity index (χ3n) is 7.45. The summed E-state index contributed by atoms with van der Waals surface area (Å²) < 4.78 is 42.1. The summed E-state index contributed by atoms with van der Waals surface area (Å²) >= 11 is 6.48. The molecule has 0 saturated carbocycles. The van der Waals surface area contributed by atoms with Crippen LogP contribution in [0.1, 0.15) is 52.6 Å². The minimum atomic E-state index is -4.18. The van der Waals surface area contributed by atoms with Crippen LogP contribution in [0.2, 0.25) is 5.02 Å². The molecule has 3 amide bonds. The first kappa shape index (κ1) is 38.5. The lowest BCUT2D eigenvalue weighted by Crippen LogP contribution is -2.44. The van der Waals surface area contributed by atoms with Gasteiger partial charge in [0.05, 0.1) is 42.1 Å². The number of aromatic nitrogens is 2. The number of pyridine rings is 2. The zero-order valence-electron chi connectivity index (χ0n) is 29.1. The molecule has 4 aromatic rings. The Kier molecular flexibility index (Phi) is 11.8. The maximum atomic E-state index is 13.4. The number of hydrazine groups is 1. The van der Waals surface area contributed by atoms with Crippen LogP contribution in [0, 0.1) is 11.8 Å². The van der Waals surface area contributed by atoms with E-state index < -0.39 is 39.3 Å². The number of methoxy groups -OCH3 is 1. The van der Waals surface area contributed by atoms with Gasteiger partial charge in [0.25, 0.3) is 11.8 Å². The maximum Gasteiger partial charge on any atom is 0.426 e. The molecule has 15 nitrogen and oxygen atoms in total. The molecule has 2 aromatic carbocycles. The van der Waals surface area contributed by atoms with Crippen molar-refractivity contribution < 1.29 is 41.8 Å². The van der Waals surface area contributed by atoms with E-state index in [0.717, 1.165) is 7.11 Å². The van der Waals surface area contributed by atoms with Gasteiger partial charge in [-0.25, -0.2) is 28.6 Å². The third-order valence-corrected chi connectivity index (χ3v) is 8.90. The molecule has 0 radical (unpaired) electrons. The van der Waals surface area contributed by atoms with E-state index in [1.54, 1.807) is 68.1 Å². The van der Waals surface area contributed by atoms with Crippen molar-refractivity contribution in [1.29, 1.82) is 0 Å². The number of rotatable bonds is 7. The summed E-state index contributed by atoms with van der Waals surface area (Å²) in [7, 11) is -3.12. The number of halogens is 1. The number of benzene rings is 2. The topological polar surface area (TPSA) is 195 Å². The molecule has 0 spiro atoms. The zero-order chi connectivity index (χ0) is 38.3. The van der Waals surface area contributed by atoms with Crippen molar-refractivity contribution in [2.75, 3.05) is 43.9 Å². The largest absolute Gasteiger partial charge is 0.468 e. The standard InChI is InChI=1S/C36H35ClN6O9S/c1-36(2,3)52-35(47)41-40-33(45)26-18-29(39-30-19-31(38-20-27(26)30)42-53(48,49)21-32(44)50-4)24-9-6-22(7-10-24)5-8-23-11-12-25(17-28(23)37)34(46)43-13-15-51-16-14-43/h6-7,9-12,17-20H,13-16,21H2,1-4H3,(H,38,42)(H,40,45)(H,41,47). The number of ether oxygens (including phenoxy) is 3. The van der Waals surface area contributed by atoms with Crippen LogP contribution in [0.25, 0.3) is 22.2 Å². The van der Waals surface area contributed by atoms with Gasteiger partial charge in [-0.1, -0.05) is 35.6 Å². The van der Waals surface area contributed by atoms with Crippen molar-refractivity contribution in [3.8, 4) is 23.1 Å². The number of morpholine rings is 1. The summed E-state index contributed by atoms with van der Waals surface area (Å²) in [5.74, 6) is 3.15. The van der Waals surface area contributed by atoms with Gasteiger partial charge in [0.1, 0.15) is 11.4 Å². The van der Waals surface area contributed by atoms with Gasteiger partial charge in [0.15, 0.2) is 5.75 Å². The Hall–Kier alpha value is -5.76. The number of sulfonamides is 1. The van der Waals surface area contributed by atoms with E-state index in [0.29, 0.717) is 59.3 Å². The second kappa shape index (κ2) is 16.3. The van der Waals surface area contributed by atoms with E-state index in [1.807, 2.05) is 0 Å². The van der Waals surface area contributed by atoms with Crippen LogP contribution in [0.4, 0.5) is 10.6 Å². The second-order valence-electron chi connectivity index (χ2n) is 12.6. The summed E-state index contributed by atoms with van der Waals surface area (Å²) in [4.78, 5) is 60.4. The van der Waals surface area contributed by atoms with Gasteiger partial charge in [0.2, 0.25) is 10.0 Å². The first-order valence-corrected chi connectivity index (χ1v) is 18.1. The van der Waals surface area contributed by atoms with E-state index in [2.05, 4.69) is 42.1 Å². The molecule has 53 heavy (non-hydrogen) atoms. The molecule has 0 bridgehead atoms. The number of carbonyl (C=O) groups excluding carboxylic acids is 4. The van der Waals surface area contributed by atoms with E-state index in [1.165, 1.54) is 18.3 Å². The van der Waals surface area contributed by atoms with E-state index in [4.69, 9.17) is 21.1 Å². The molecule has 17 heteroatoms. The predicted molar refractivity (Wildman–Crippen MR) is 195 cm³/mol.